The summed E-state index contributed by atoms with van der Waals surface area (Å²) in [4.78, 5) is 38.0. The summed E-state index contributed by atoms with van der Waals surface area (Å²) in [6.07, 6.45) is 1.88. The molecule has 0 radical (unpaired) electrons. The summed E-state index contributed by atoms with van der Waals surface area (Å²) in [6, 6.07) is 4.80. The lowest BCUT2D eigenvalue weighted by atomic mass is 10.1. The number of nitrogens with zero attached hydrogens (tertiary/aromatic N) is 2. The fraction of sp³-hybridized carbons (Fsp3) is 0.471. The molecule has 1 atom stereocenters. The molecule has 1 fully saturated rings. The molecule has 1 aromatic heterocycles. The molecule has 0 aliphatic carbocycles. The fourth-order valence-corrected chi connectivity index (χ4v) is 3.11. The molecule has 2 amide bonds. The lowest BCUT2D eigenvalue weighted by molar-refractivity contribution is -0.136. The normalized spacial score (nSPS) is 18.2. The van der Waals surface area contributed by atoms with Crippen LogP contribution in [0.2, 0.25) is 0 Å². The largest absolute Gasteiger partial charge is 0.419 e. The van der Waals surface area contributed by atoms with Crippen molar-refractivity contribution in [1.29, 1.82) is 0 Å². The minimum atomic E-state index is -0.730. The van der Waals surface area contributed by atoms with Crippen molar-refractivity contribution in [2.45, 2.75) is 25.8 Å². The first-order valence-corrected chi connectivity index (χ1v) is 8.41. The molecule has 2 heterocycles. The highest BCUT2D eigenvalue weighted by Gasteiger charge is 2.23. The minimum absolute atomic E-state index is 0.0124. The minimum Gasteiger partial charge on any atom is -0.408 e. The van der Waals surface area contributed by atoms with Crippen LogP contribution in [-0.4, -0.2) is 47.0 Å². The number of aromatic nitrogens is 1. The maximum Gasteiger partial charge on any atom is 0.419 e. The highest BCUT2D eigenvalue weighted by Crippen LogP contribution is 2.17. The van der Waals surface area contributed by atoms with Crippen LogP contribution in [0.25, 0.3) is 11.1 Å². The molecule has 134 valence electrons. The van der Waals surface area contributed by atoms with Gasteiger partial charge in [-0.3, -0.25) is 14.2 Å². The Bertz CT molecular complexity index is 854. The number of hydrogen-bond donors (Lipinski definition) is 2. The van der Waals surface area contributed by atoms with Gasteiger partial charge >= 0.3 is 17.6 Å². The molecule has 1 unspecified atom stereocenters. The van der Waals surface area contributed by atoms with Crippen LogP contribution in [0.5, 0.6) is 0 Å². The maximum atomic E-state index is 12.1. The number of hydrogen-bond acceptors (Lipinski definition) is 5. The summed E-state index contributed by atoms with van der Waals surface area (Å²) in [5, 5.41) is 5.32. The molecular weight excluding hydrogens is 324 g/mol. The van der Waals surface area contributed by atoms with E-state index in [1.165, 1.54) is 10.6 Å². The van der Waals surface area contributed by atoms with Crippen LogP contribution in [0.15, 0.2) is 27.4 Å². The van der Waals surface area contributed by atoms with E-state index in [0.717, 1.165) is 32.5 Å². The fourth-order valence-electron chi connectivity index (χ4n) is 3.11. The number of benzene rings is 1. The number of carbonyl (C=O) groups is 2. The standard InChI is InChI=1S/C17H22N4O4/c1-3-21-8-4-5-12(10-21)19-16(23)15(22)18-11-6-7-13-14(9-11)25-17(24)20(13)2/h6-7,9,12H,3-5,8,10H2,1-2H3,(H,18,22)(H,19,23). The van der Waals surface area contributed by atoms with Gasteiger partial charge in [-0.25, -0.2) is 4.79 Å². The molecule has 1 aliphatic heterocycles. The number of nitrogens with one attached hydrogen (secondary N) is 2. The lowest BCUT2D eigenvalue weighted by Crippen LogP contribution is -2.50. The van der Waals surface area contributed by atoms with E-state index in [1.807, 2.05) is 0 Å². The van der Waals surface area contributed by atoms with Gasteiger partial charge in [-0.2, -0.15) is 0 Å². The van der Waals surface area contributed by atoms with Crippen LogP contribution in [0.3, 0.4) is 0 Å². The second kappa shape index (κ2) is 7.10. The zero-order valence-electron chi connectivity index (χ0n) is 14.4. The number of likely N-dealkylation sites (tertiary alicyclic amines) is 1. The van der Waals surface area contributed by atoms with Crippen molar-refractivity contribution in [3.05, 3.63) is 28.7 Å². The van der Waals surface area contributed by atoms with Crippen LogP contribution in [0.4, 0.5) is 5.69 Å². The van der Waals surface area contributed by atoms with Crippen LogP contribution in [0, 0.1) is 0 Å². The first kappa shape index (κ1) is 17.2. The smallest absolute Gasteiger partial charge is 0.408 e. The number of rotatable bonds is 3. The maximum absolute atomic E-state index is 12.1. The van der Waals surface area contributed by atoms with Crippen molar-refractivity contribution in [3.63, 3.8) is 0 Å². The van der Waals surface area contributed by atoms with E-state index >= 15 is 0 Å². The van der Waals surface area contributed by atoms with Gasteiger partial charge in [0, 0.05) is 31.4 Å². The summed E-state index contributed by atoms with van der Waals surface area (Å²) < 4.78 is 6.45. The molecule has 1 saturated heterocycles. The molecular formula is C17H22N4O4. The Morgan fingerprint density at radius 1 is 1.32 bits per heavy atom. The second-order valence-corrected chi connectivity index (χ2v) is 6.27. The van der Waals surface area contributed by atoms with Crippen LogP contribution < -0.4 is 16.4 Å². The number of anilines is 1. The van der Waals surface area contributed by atoms with Gasteiger partial charge in [-0.05, 0) is 38.1 Å². The van der Waals surface area contributed by atoms with Crippen molar-refractivity contribution >= 4 is 28.6 Å². The third-order valence-electron chi connectivity index (χ3n) is 4.54. The van der Waals surface area contributed by atoms with Crippen LogP contribution in [0.1, 0.15) is 19.8 Å². The predicted molar refractivity (Wildman–Crippen MR) is 93.4 cm³/mol. The van der Waals surface area contributed by atoms with Gasteiger partial charge in [0.2, 0.25) is 0 Å². The summed E-state index contributed by atoms with van der Waals surface area (Å²) >= 11 is 0. The molecule has 25 heavy (non-hydrogen) atoms. The number of likely N-dealkylation sites (N-methyl/N-ethyl adjacent to an activating group) is 1. The topological polar surface area (TPSA) is 96.6 Å². The Morgan fingerprint density at radius 3 is 2.88 bits per heavy atom. The van der Waals surface area contributed by atoms with Crippen LogP contribution in [-0.2, 0) is 16.6 Å². The summed E-state index contributed by atoms with van der Waals surface area (Å²) in [5.74, 6) is -1.86. The van der Waals surface area contributed by atoms with Gasteiger partial charge in [0.25, 0.3) is 0 Å². The zero-order valence-corrected chi connectivity index (χ0v) is 14.4. The Labute approximate surface area is 144 Å². The number of amides is 2. The molecule has 1 aliphatic rings. The van der Waals surface area contributed by atoms with E-state index < -0.39 is 17.6 Å². The number of piperidine rings is 1. The third-order valence-corrected chi connectivity index (χ3v) is 4.54. The van der Waals surface area contributed by atoms with Crippen molar-refractivity contribution in [1.82, 2.24) is 14.8 Å². The van der Waals surface area contributed by atoms with Crippen molar-refractivity contribution in [3.8, 4) is 0 Å². The Hall–Kier alpha value is -2.61. The molecule has 2 N–H and O–H groups in total. The Morgan fingerprint density at radius 2 is 2.12 bits per heavy atom. The molecule has 0 bridgehead atoms. The quantitative estimate of drug-likeness (QED) is 0.797. The van der Waals surface area contributed by atoms with E-state index in [1.54, 1.807) is 19.2 Å². The van der Waals surface area contributed by atoms with E-state index in [9.17, 15) is 14.4 Å². The van der Waals surface area contributed by atoms with Crippen molar-refractivity contribution in [2.75, 3.05) is 25.0 Å². The van der Waals surface area contributed by atoms with Gasteiger partial charge in [0.05, 0.1) is 5.52 Å². The Kier molecular flexibility index (Phi) is 4.89. The SMILES string of the molecule is CCN1CCCC(NC(=O)C(=O)Nc2ccc3c(c2)oc(=O)n3C)C1. The van der Waals surface area contributed by atoms with Crippen molar-refractivity contribution in [2.24, 2.45) is 7.05 Å². The van der Waals surface area contributed by atoms with E-state index in [-0.39, 0.29) is 6.04 Å². The lowest BCUT2D eigenvalue weighted by Gasteiger charge is -2.32. The first-order chi connectivity index (χ1) is 12.0. The van der Waals surface area contributed by atoms with E-state index in [2.05, 4.69) is 22.5 Å². The third kappa shape index (κ3) is 3.74. The molecule has 3 rings (SSSR count). The van der Waals surface area contributed by atoms with Gasteiger partial charge < -0.3 is 20.0 Å². The predicted octanol–water partition coefficient (Wildman–Crippen LogP) is 0.670. The number of aryl methyl sites for hydroxylation is 1. The van der Waals surface area contributed by atoms with Gasteiger partial charge in [0.15, 0.2) is 5.58 Å². The average molecular weight is 346 g/mol. The summed E-state index contributed by atoms with van der Waals surface area (Å²) in [7, 11) is 1.60. The first-order valence-electron chi connectivity index (χ1n) is 8.41. The number of fused-ring (bicyclic) bond motifs is 1. The van der Waals surface area contributed by atoms with Gasteiger partial charge in [-0.15, -0.1) is 0 Å². The molecule has 0 spiro atoms. The van der Waals surface area contributed by atoms with Crippen molar-refractivity contribution < 1.29 is 14.0 Å². The number of carbonyl (C=O) groups excluding carboxylic acids is 2. The van der Waals surface area contributed by atoms with Crippen LogP contribution >= 0.6 is 0 Å². The molecule has 1 aromatic carbocycles. The molecule has 2 aromatic rings. The molecule has 8 nitrogen and oxygen atoms in total. The highest BCUT2D eigenvalue weighted by atomic mass is 16.4. The molecule has 8 heteroatoms. The Balaban J connectivity index is 1.63. The summed E-state index contributed by atoms with van der Waals surface area (Å²) in [5.41, 5.74) is 1.38. The summed E-state index contributed by atoms with van der Waals surface area (Å²) in [6.45, 7) is 4.80. The van der Waals surface area contributed by atoms with Gasteiger partial charge in [-0.1, -0.05) is 6.92 Å². The van der Waals surface area contributed by atoms with Gasteiger partial charge in [0.1, 0.15) is 0 Å². The highest BCUT2D eigenvalue weighted by molar-refractivity contribution is 6.39. The second-order valence-electron chi connectivity index (χ2n) is 6.27. The van der Waals surface area contributed by atoms with E-state index in [0.29, 0.717) is 16.8 Å². The average Bonchev–Trinajstić information content (AvgIpc) is 2.88. The number of oxazole rings is 1. The zero-order chi connectivity index (χ0) is 18.0. The monoisotopic (exact) mass is 346 g/mol. The van der Waals surface area contributed by atoms with E-state index in [4.69, 9.17) is 4.42 Å². The molecule has 0 saturated carbocycles.